The Morgan fingerprint density at radius 3 is 2.62 bits per heavy atom. The Balaban J connectivity index is 1.45. The van der Waals surface area contributed by atoms with Crippen molar-refractivity contribution in [3.05, 3.63) is 66.7 Å². The first kappa shape index (κ1) is 14.1. The smallest absolute Gasteiger partial charge is 0.230 e. The topological polar surface area (TPSA) is 91.4 Å². The van der Waals surface area contributed by atoms with Gasteiger partial charge in [0.2, 0.25) is 5.95 Å². The molecule has 0 atom stereocenters. The zero-order valence-electron chi connectivity index (χ0n) is 12.8. The highest BCUT2D eigenvalue weighted by Crippen LogP contribution is 2.13. The molecule has 7 nitrogen and oxygen atoms in total. The zero-order valence-corrected chi connectivity index (χ0v) is 12.8. The lowest BCUT2D eigenvalue weighted by Gasteiger charge is -2.06. The number of anilines is 3. The van der Waals surface area contributed by atoms with Gasteiger partial charge in [-0.25, -0.2) is 15.0 Å². The molecule has 0 bridgehead atoms. The monoisotopic (exact) mass is 317 g/mol. The highest BCUT2D eigenvalue weighted by Gasteiger charge is 2.04. The van der Waals surface area contributed by atoms with E-state index >= 15 is 0 Å². The van der Waals surface area contributed by atoms with E-state index in [1.54, 1.807) is 12.4 Å². The van der Waals surface area contributed by atoms with Gasteiger partial charge in [0.15, 0.2) is 0 Å². The van der Waals surface area contributed by atoms with Crippen LogP contribution < -0.4 is 10.6 Å². The summed E-state index contributed by atoms with van der Waals surface area (Å²) in [6.07, 6.45) is 3.41. The van der Waals surface area contributed by atoms with Crippen molar-refractivity contribution in [2.24, 2.45) is 0 Å². The summed E-state index contributed by atoms with van der Waals surface area (Å²) in [5.41, 5.74) is 1.98. The molecule has 4 aromatic rings. The molecule has 0 spiro atoms. The molecule has 0 aliphatic heterocycles. The van der Waals surface area contributed by atoms with Gasteiger partial charge in [-0.05, 0) is 30.3 Å². The van der Waals surface area contributed by atoms with Gasteiger partial charge >= 0.3 is 0 Å². The minimum atomic E-state index is 0.489. The number of H-pyrrole nitrogens is 1. The second-order valence-corrected chi connectivity index (χ2v) is 5.16. The summed E-state index contributed by atoms with van der Waals surface area (Å²) in [5, 5.41) is 6.31. The fourth-order valence-corrected chi connectivity index (χ4v) is 2.33. The molecule has 0 saturated carbocycles. The minimum Gasteiger partial charge on any atom is -0.363 e. The summed E-state index contributed by atoms with van der Waals surface area (Å²) in [6.45, 7) is 0.550. The van der Waals surface area contributed by atoms with Gasteiger partial charge in [-0.15, -0.1) is 0 Å². The van der Waals surface area contributed by atoms with Gasteiger partial charge in [0.05, 0.1) is 17.6 Å². The number of hydrogen-bond donors (Lipinski definition) is 3. The van der Waals surface area contributed by atoms with Gasteiger partial charge in [0, 0.05) is 12.4 Å². The number of pyridine rings is 1. The lowest BCUT2D eigenvalue weighted by molar-refractivity contribution is 0.992. The number of hydrogen-bond acceptors (Lipinski definition) is 6. The molecule has 118 valence electrons. The molecule has 7 heteroatoms. The Labute approximate surface area is 138 Å². The maximum atomic E-state index is 4.53. The number of aromatic nitrogens is 5. The van der Waals surface area contributed by atoms with Gasteiger partial charge in [0.25, 0.3) is 0 Å². The van der Waals surface area contributed by atoms with Crippen LogP contribution in [-0.4, -0.2) is 24.9 Å². The molecule has 0 amide bonds. The van der Waals surface area contributed by atoms with Crippen LogP contribution in [0.5, 0.6) is 0 Å². The van der Waals surface area contributed by atoms with E-state index in [9.17, 15) is 0 Å². The van der Waals surface area contributed by atoms with E-state index in [1.165, 1.54) is 0 Å². The van der Waals surface area contributed by atoms with Crippen molar-refractivity contribution in [1.82, 2.24) is 24.9 Å². The van der Waals surface area contributed by atoms with Gasteiger partial charge < -0.3 is 15.6 Å². The van der Waals surface area contributed by atoms with E-state index in [-0.39, 0.29) is 0 Å². The first-order valence-electron chi connectivity index (χ1n) is 7.55. The standard InChI is InChI=1S/C17H15N7/c1-2-6-13-12(5-1)21-16(22-13)11-20-15-8-10-19-17(24-15)23-14-7-3-4-9-18-14/h1-10H,11H2,(H,21,22)(H2,18,19,20,23,24). The Hall–Kier alpha value is -3.48. The van der Waals surface area contributed by atoms with E-state index in [2.05, 4.69) is 35.6 Å². The van der Waals surface area contributed by atoms with Crippen LogP contribution in [-0.2, 0) is 6.54 Å². The summed E-state index contributed by atoms with van der Waals surface area (Å²) in [4.78, 5) is 20.6. The van der Waals surface area contributed by atoms with Crippen LogP contribution in [0.25, 0.3) is 11.0 Å². The number of imidazole rings is 1. The average Bonchev–Trinajstić information content (AvgIpc) is 3.04. The number of fused-ring (bicyclic) bond motifs is 1. The van der Waals surface area contributed by atoms with Crippen LogP contribution in [0.15, 0.2) is 60.9 Å². The number of nitrogens with one attached hydrogen (secondary N) is 3. The van der Waals surface area contributed by atoms with Crippen LogP contribution >= 0.6 is 0 Å². The largest absolute Gasteiger partial charge is 0.363 e. The van der Waals surface area contributed by atoms with Gasteiger partial charge in [-0.2, -0.15) is 4.98 Å². The fourth-order valence-electron chi connectivity index (χ4n) is 2.33. The molecule has 0 radical (unpaired) electrons. The predicted octanol–water partition coefficient (Wildman–Crippen LogP) is 3.10. The highest BCUT2D eigenvalue weighted by atomic mass is 15.2. The fraction of sp³-hybridized carbons (Fsp3) is 0.0588. The molecular formula is C17H15N7. The SMILES string of the molecule is c1ccc(Nc2nccc(NCc3nc4ccccc4[nH]3)n2)nc1. The highest BCUT2D eigenvalue weighted by molar-refractivity contribution is 5.74. The predicted molar refractivity (Wildman–Crippen MR) is 93.0 cm³/mol. The first-order chi connectivity index (χ1) is 11.9. The average molecular weight is 317 g/mol. The molecule has 3 N–H and O–H groups in total. The van der Waals surface area contributed by atoms with Crippen molar-refractivity contribution in [2.45, 2.75) is 6.54 Å². The van der Waals surface area contributed by atoms with Crippen LogP contribution in [0.4, 0.5) is 17.6 Å². The number of aromatic amines is 1. The van der Waals surface area contributed by atoms with E-state index in [0.717, 1.165) is 16.9 Å². The van der Waals surface area contributed by atoms with Gasteiger partial charge in [-0.1, -0.05) is 18.2 Å². The Bertz CT molecular complexity index is 916. The molecule has 3 aromatic heterocycles. The zero-order chi connectivity index (χ0) is 16.2. The molecule has 24 heavy (non-hydrogen) atoms. The maximum Gasteiger partial charge on any atom is 0.230 e. The molecular weight excluding hydrogens is 302 g/mol. The van der Waals surface area contributed by atoms with Crippen molar-refractivity contribution in [2.75, 3.05) is 10.6 Å². The summed E-state index contributed by atoms with van der Waals surface area (Å²) in [6, 6.07) is 15.4. The molecule has 4 rings (SSSR count). The third-order valence-corrected chi connectivity index (χ3v) is 3.44. The van der Waals surface area contributed by atoms with Crippen molar-refractivity contribution < 1.29 is 0 Å². The van der Waals surface area contributed by atoms with Crippen LogP contribution in [0, 0.1) is 0 Å². The number of para-hydroxylation sites is 2. The molecule has 0 aliphatic rings. The first-order valence-corrected chi connectivity index (χ1v) is 7.55. The lowest BCUT2D eigenvalue weighted by atomic mass is 10.3. The second kappa shape index (κ2) is 6.33. The summed E-state index contributed by atoms with van der Waals surface area (Å²) in [5.74, 6) is 2.76. The van der Waals surface area contributed by atoms with Crippen molar-refractivity contribution in [1.29, 1.82) is 0 Å². The van der Waals surface area contributed by atoms with E-state index in [1.807, 2.05) is 48.5 Å². The van der Waals surface area contributed by atoms with Crippen LogP contribution in [0.1, 0.15) is 5.82 Å². The molecule has 0 aliphatic carbocycles. The van der Waals surface area contributed by atoms with E-state index < -0.39 is 0 Å². The van der Waals surface area contributed by atoms with E-state index in [0.29, 0.717) is 24.1 Å². The summed E-state index contributed by atoms with van der Waals surface area (Å²) < 4.78 is 0. The van der Waals surface area contributed by atoms with Crippen LogP contribution in [0.3, 0.4) is 0 Å². The Morgan fingerprint density at radius 2 is 1.75 bits per heavy atom. The molecule has 1 aromatic carbocycles. The Kier molecular flexibility index (Phi) is 3.73. The molecule has 0 saturated heterocycles. The quantitative estimate of drug-likeness (QED) is 0.524. The Morgan fingerprint density at radius 1 is 0.833 bits per heavy atom. The number of benzene rings is 1. The molecule has 0 fully saturated rings. The third kappa shape index (κ3) is 3.14. The van der Waals surface area contributed by atoms with E-state index in [4.69, 9.17) is 0 Å². The molecule has 3 heterocycles. The minimum absolute atomic E-state index is 0.489. The van der Waals surface area contributed by atoms with Crippen molar-refractivity contribution in [3.63, 3.8) is 0 Å². The summed E-state index contributed by atoms with van der Waals surface area (Å²) in [7, 11) is 0. The summed E-state index contributed by atoms with van der Waals surface area (Å²) >= 11 is 0. The van der Waals surface area contributed by atoms with Crippen molar-refractivity contribution >= 4 is 28.6 Å². The van der Waals surface area contributed by atoms with Gasteiger partial charge in [-0.3, -0.25) is 0 Å². The second-order valence-electron chi connectivity index (χ2n) is 5.16. The third-order valence-electron chi connectivity index (χ3n) is 3.44. The number of rotatable bonds is 5. The van der Waals surface area contributed by atoms with Crippen LogP contribution in [0.2, 0.25) is 0 Å². The normalized spacial score (nSPS) is 10.7. The molecule has 0 unspecified atom stereocenters. The van der Waals surface area contributed by atoms with Gasteiger partial charge in [0.1, 0.15) is 17.5 Å². The number of nitrogens with zero attached hydrogens (tertiary/aromatic N) is 4. The van der Waals surface area contributed by atoms with Crippen molar-refractivity contribution in [3.8, 4) is 0 Å². The maximum absolute atomic E-state index is 4.53. The lowest BCUT2D eigenvalue weighted by Crippen LogP contribution is -2.05.